The van der Waals surface area contributed by atoms with Crippen LogP contribution in [0.2, 0.25) is 0 Å². The highest BCUT2D eigenvalue weighted by molar-refractivity contribution is 7.97. The van der Waals surface area contributed by atoms with Gasteiger partial charge in [0.15, 0.2) is 0 Å². The molecule has 0 N–H and O–H groups in total. The second kappa shape index (κ2) is 4.31. The lowest BCUT2D eigenvalue weighted by Gasteiger charge is -1.96. The first-order valence-electron chi connectivity index (χ1n) is 4.87. The van der Waals surface area contributed by atoms with Crippen LogP contribution < -0.4 is 0 Å². The molecule has 1 aromatic carbocycles. The van der Waals surface area contributed by atoms with E-state index in [1.165, 1.54) is 0 Å². The van der Waals surface area contributed by atoms with Gasteiger partial charge < -0.3 is 9.15 Å². The highest BCUT2D eigenvalue weighted by Gasteiger charge is 2.18. The van der Waals surface area contributed by atoms with Gasteiger partial charge in [0.25, 0.3) is 0 Å². The fraction of sp³-hybridized carbons (Fsp3) is 0.250. The van der Waals surface area contributed by atoms with Gasteiger partial charge in [-0.3, -0.25) is 4.79 Å². The van der Waals surface area contributed by atoms with Gasteiger partial charge in [0.05, 0.1) is 5.56 Å². The predicted molar refractivity (Wildman–Crippen MR) is 65.0 cm³/mol. The van der Waals surface area contributed by atoms with E-state index in [1.54, 1.807) is 7.11 Å². The molecule has 3 nitrogen and oxygen atoms in total. The van der Waals surface area contributed by atoms with Gasteiger partial charge in [-0.25, -0.2) is 0 Å². The molecule has 0 radical (unpaired) electrons. The van der Waals surface area contributed by atoms with E-state index in [2.05, 4.69) is 12.6 Å². The normalized spacial score (nSPS) is 10.9. The van der Waals surface area contributed by atoms with Gasteiger partial charge in [0, 0.05) is 12.5 Å². The minimum Gasteiger partial charge on any atom is -0.458 e. The Balaban J connectivity index is 2.72. The van der Waals surface area contributed by atoms with Crippen molar-refractivity contribution in [1.29, 1.82) is 0 Å². The van der Waals surface area contributed by atoms with Crippen LogP contribution >= 0.6 is 12.6 Å². The number of aryl methyl sites for hydroxylation is 1. The Kier molecular flexibility index (Phi) is 3.03. The number of carbonyl (C=O) groups is 1. The van der Waals surface area contributed by atoms with Crippen molar-refractivity contribution in [3.63, 3.8) is 0 Å². The quantitative estimate of drug-likeness (QED) is 0.833. The summed E-state index contributed by atoms with van der Waals surface area (Å²) in [4.78, 5) is 11.5. The van der Waals surface area contributed by atoms with E-state index in [1.807, 2.05) is 25.1 Å². The Morgan fingerprint density at radius 2 is 2.25 bits per heavy atom. The largest absolute Gasteiger partial charge is 0.458 e. The van der Waals surface area contributed by atoms with E-state index in [4.69, 9.17) is 9.15 Å². The molecule has 0 amide bonds. The maximum atomic E-state index is 11.5. The van der Waals surface area contributed by atoms with Crippen molar-refractivity contribution in [2.75, 3.05) is 7.11 Å². The summed E-state index contributed by atoms with van der Waals surface area (Å²) in [6.07, 6.45) is 0. The molecule has 0 saturated heterocycles. The zero-order valence-electron chi connectivity index (χ0n) is 9.11. The summed E-state index contributed by atoms with van der Waals surface area (Å²) in [5.74, 6) is 0.531. The number of furan rings is 1. The van der Waals surface area contributed by atoms with Crippen molar-refractivity contribution in [1.82, 2.24) is 0 Å². The summed E-state index contributed by atoms with van der Waals surface area (Å²) in [5.41, 5.74) is 2.27. The minimum absolute atomic E-state index is 0.273. The number of ether oxygens (including phenoxy) is 1. The van der Waals surface area contributed by atoms with Crippen LogP contribution in [0, 0.1) is 6.92 Å². The van der Waals surface area contributed by atoms with Crippen LogP contribution in [0.3, 0.4) is 0 Å². The molecule has 1 aromatic heterocycles. The van der Waals surface area contributed by atoms with E-state index < -0.39 is 0 Å². The molecule has 2 aromatic rings. The summed E-state index contributed by atoms with van der Waals surface area (Å²) in [5, 5.41) is 0.503. The maximum Gasteiger partial charge on any atom is 0.220 e. The number of methoxy groups -OCH3 is 1. The van der Waals surface area contributed by atoms with E-state index in [0.717, 1.165) is 10.9 Å². The number of hydrogen-bond acceptors (Lipinski definition) is 3. The van der Waals surface area contributed by atoms with Gasteiger partial charge in [0.2, 0.25) is 5.12 Å². The van der Waals surface area contributed by atoms with Crippen LogP contribution in [0.5, 0.6) is 0 Å². The number of carbonyl (C=O) groups excluding carboxylic acids is 1. The third-order valence-electron chi connectivity index (χ3n) is 2.41. The SMILES string of the molecule is COCc1oc2ccc(C)cc2c1C(=O)S. The average molecular weight is 236 g/mol. The van der Waals surface area contributed by atoms with Crippen LogP contribution in [0.1, 0.15) is 21.7 Å². The zero-order valence-corrected chi connectivity index (χ0v) is 10.0. The highest BCUT2D eigenvalue weighted by Crippen LogP contribution is 2.28. The lowest BCUT2D eigenvalue weighted by atomic mass is 10.1. The molecule has 0 bridgehead atoms. The smallest absolute Gasteiger partial charge is 0.220 e. The second-order valence-corrected chi connectivity index (χ2v) is 4.04. The Labute approximate surface area is 98.8 Å². The number of fused-ring (bicyclic) bond motifs is 1. The molecule has 0 aliphatic carbocycles. The number of hydrogen-bond donors (Lipinski definition) is 1. The molecule has 2 rings (SSSR count). The van der Waals surface area contributed by atoms with Crippen LogP contribution in [0.25, 0.3) is 11.0 Å². The summed E-state index contributed by atoms with van der Waals surface area (Å²) in [7, 11) is 1.56. The standard InChI is InChI=1S/C12H12O3S/c1-7-3-4-9-8(5-7)11(12(13)16)10(15-9)6-14-2/h3-5H,6H2,1-2H3,(H,13,16). The van der Waals surface area contributed by atoms with Gasteiger partial charge in [-0.2, -0.15) is 0 Å². The summed E-state index contributed by atoms with van der Waals surface area (Å²) in [6, 6.07) is 5.71. The third kappa shape index (κ3) is 1.86. The first kappa shape index (κ1) is 11.2. The maximum absolute atomic E-state index is 11.5. The van der Waals surface area contributed by atoms with Crippen molar-refractivity contribution < 1.29 is 13.9 Å². The fourth-order valence-corrected chi connectivity index (χ4v) is 1.97. The summed E-state index contributed by atoms with van der Waals surface area (Å²) < 4.78 is 10.6. The molecule has 1 heterocycles. The van der Waals surface area contributed by atoms with Gasteiger partial charge >= 0.3 is 0 Å². The molecular weight excluding hydrogens is 224 g/mol. The Bertz CT molecular complexity index is 542. The van der Waals surface area contributed by atoms with Crippen LogP contribution in [0.15, 0.2) is 22.6 Å². The van der Waals surface area contributed by atoms with Crippen molar-refractivity contribution in [2.45, 2.75) is 13.5 Å². The molecule has 0 saturated carbocycles. The lowest BCUT2D eigenvalue weighted by Crippen LogP contribution is -1.95. The van der Waals surface area contributed by atoms with Crippen molar-refractivity contribution in [3.05, 3.63) is 35.1 Å². The average Bonchev–Trinajstić information content (AvgIpc) is 2.55. The van der Waals surface area contributed by atoms with Gasteiger partial charge in [0.1, 0.15) is 18.0 Å². The van der Waals surface area contributed by atoms with Gasteiger partial charge in [-0.05, 0) is 19.1 Å². The minimum atomic E-state index is -0.295. The van der Waals surface area contributed by atoms with Gasteiger partial charge in [-0.1, -0.05) is 11.6 Å². The molecule has 0 aliphatic heterocycles. The zero-order chi connectivity index (χ0) is 11.7. The predicted octanol–water partition coefficient (Wildman–Crippen LogP) is 2.96. The van der Waals surface area contributed by atoms with Crippen molar-refractivity contribution in [2.24, 2.45) is 0 Å². The molecule has 0 fully saturated rings. The molecular formula is C12H12O3S. The fourth-order valence-electron chi connectivity index (χ4n) is 1.73. The second-order valence-electron chi connectivity index (χ2n) is 3.64. The Morgan fingerprint density at radius 1 is 1.50 bits per heavy atom. The molecule has 0 spiro atoms. The summed E-state index contributed by atoms with van der Waals surface area (Å²) >= 11 is 3.87. The first-order chi connectivity index (χ1) is 7.63. The van der Waals surface area contributed by atoms with E-state index in [-0.39, 0.29) is 11.7 Å². The van der Waals surface area contributed by atoms with E-state index in [0.29, 0.717) is 16.9 Å². The Morgan fingerprint density at radius 3 is 2.88 bits per heavy atom. The number of thiol groups is 1. The lowest BCUT2D eigenvalue weighted by molar-refractivity contribution is 0.108. The van der Waals surface area contributed by atoms with Gasteiger partial charge in [-0.15, -0.1) is 12.6 Å². The van der Waals surface area contributed by atoms with Crippen LogP contribution in [-0.2, 0) is 11.3 Å². The topological polar surface area (TPSA) is 39.4 Å². The van der Waals surface area contributed by atoms with E-state index >= 15 is 0 Å². The number of benzene rings is 1. The van der Waals surface area contributed by atoms with E-state index in [9.17, 15) is 4.79 Å². The molecule has 0 aliphatic rings. The number of rotatable bonds is 3. The monoisotopic (exact) mass is 236 g/mol. The van der Waals surface area contributed by atoms with Crippen molar-refractivity contribution in [3.8, 4) is 0 Å². The Hall–Kier alpha value is -1.26. The van der Waals surface area contributed by atoms with Crippen molar-refractivity contribution >= 4 is 28.7 Å². The molecule has 16 heavy (non-hydrogen) atoms. The molecule has 0 unspecified atom stereocenters. The van der Waals surface area contributed by atoms with Crippen LogP contribution in [0.4, 0.5) is 0 Å². The first-order valence-corrected chi connectivity index (χ1v) is 5.32. The van der Waals surface area contributed by atoms with Crippen LogP contribution in [-0.4, -0.2) is 12.2 Å². The summed E-state index contributed by atoms with van der Waals surface area (Å²) in [6.45, 7) is 2.24. The molecule has 4 heteroatoms. The molecule has 84 valence electrons. The highest BCUT2D eigenvalue weighted by atomic mass is 32.1. The third-order valence-corrected chi connectivity index (χ3v) is 2.63. The molecule has 0 atom stereocenters.